The summed E-state index contributed by atoms with van der Waals surface area (Å²) in [7, 11) is 0. The zero-order valence-corrected chi connectivity index (χ0v) is 23.4. The SMILES string of the molecule is C[C@@H]1CCCN(c2cc(Sc3ncccn3)nc(NC(=S)NCC3(c4cccc(Cl)c4)CCCC3)n2)C1. The second-order valence-corrected chi connectivity index (χ2v) is 11.9. The van der Waals surface area contributed by atoms with Gasteiger partial charge in [0.05, 0.1) is 0 Å². The third-order valence-corrected chi connectivity index (χ3v) is 8.51. The summed E-state index contributed by atoms with van der Waals surface area (Å²) < 4.78 is 0. The van der Waals surface area contributed by atoms with Crippen molar-refractivity contribution in [2.75, 3.05) is 29.9 Å². The van der Waals surface area contributed by atoms with Crippen molar-refractivity contribution in [2.24, 2.45) is 5.92 Å². The second kappa shape index (κ2) is 11.9. The van der Waals surface area contributed by atoms with Gasteiger partial charge >= 0.3 is 0 Å². The molecule has 7 nitrogen and oxygen atoms in total. The number of aromatic nitrogens is 4. The lowest BCUT2D eigenvalue weighted by Crippen LogP contribution is -2.41. The highest BCUT2D eigenvalue weighted by atomic mass is 35.5. The van der Waals surface area contributed by atoms with Crippen molar-refractivity contribution in [3.63, 3.8) is 0 Å². The van der Waals surface area contributed by atoms with Gasteiger partial charge < -0.3 is 15.5 Å². The summed E-state index contributed by atoms with van der Waals surface area (Å²) in [5, 5.41) is 9.44. The van der Waals surface area contributed by atoms with Crippen molar-refractivity contribution in [3.05, 3.63) is 59.4 Å². The predicted molar refractivity (Wildman–Crippen MR) is 155 cm³/mol. The zero-order valence-electron chi connectivity index (χ0n) is 21.0. The molecule has 2 aliphatic rings. The molecule has 3 heterocycles. The van der Waals surface area contributed by atoms with Crippen LogP contribution in [0.3, 0.4) is 0 Å². The molecular formula is C27H32ClN7S2. The molecule has 10 heteroatoms. The monoisotopic (exact) mass is 553 g/mol. The van der Waals surface area contributed by atoms with E-state index in [1.807, 2.05) is 24.3 Å². The van der Waals surface area contributed by atoms with Crippen LogP contribution in [-0.2, 0) is 5.41 Å². The smallest absolute Gasteiger partial charge is 0.232 e. The van der Waals surface area contributed by atoms with Gasteiger partial charge in [-0.15, -0.1) is 0 Å². The minimum Gasteiger partial charge on any atom is -0.361 e. The number of nitrogens with one attached hydrogen (secondary N) is 2. The molecule has 1 aromatic carbocycles. The van der Waals surface area contributed by atoms with Crippen molar-refractivity contribution in [2.45, 2.75) is 61.0 Å². The van der Waals surface area contributed by atoms with E-state index in [1.165, 1.54) is 36.6 Å². The van der Waals surface area contributed by atoms with E-state index in [-0.39, 0.29) is 5.41 Å². The zero-order chi connectivity index (χ0) is 25.7. The number of piperidine rings is 1. The first-order chi connectivity index (χ1) is 18.0. The van der Waals surface area contributed by atoms with E-state index >= 15 is 0 Å². The van der Waals surface area contributed by atoms with Gasteiger partial charge in [0.2, 0.25) is 5.95 Å². The van der Waals surface area contributed by atoms with Crippen molar-refractivity contribution in [3.8, 4) is 0 Å². The maximum absolute atomic E-state index is 6.33. The predicted octanol–water partition coefficient (Wildman–Crippen LogP) is 6.11. The molecule has 2 N–H and O–H groups in total. The first-order valence-corrected chi connectivity index (χ1v) is 14.5. The van der Waals surface area contributed by atoms with Crippen LogP contribution in [0.1, 0.15) is 51.0 Å². The Morgan fingerprint density at radius 3 is 2.70 bits per heavy atom. The Balaban J connectivity index is 1.33. The molecule has 1 aliphatic carbocycles. The Hall–Kier alpha value is -2.49. The lowest BCUT2D eigenvalue weighted by molar-refractivity contribution is 0.435. The minimum absolute atomic E-state index is 0.0228. The van der Waals surface area contributed by atoms with Gasteiger partial charge in [0.1, 0.15) is 10.8 Å². The molecule has 0 spiro atoms. The summed E-state index contributed by atoms with van der Waals surface area (Å²) in [5.41, 5.74) is 1.29. The second-order valence-electron chi connectivity index (χ2n) is 10.0. The molecular weight excluding hydrogens is 522 g/mol. The summed E-state index contributed by atoms with van der Waals surface area (Å²) in [6, 6.07) is 12.1. The van der Waals surface area contributed by atoms with E-state index in [4.69, 9.17) is 33.8 Å². The Bertz CT molecular complexity index is 1220. The molecule has 5 rings (SSSR count). The molecule has 0 unspecified atom stereocenters. The van der Waals surface area contributed by atoms with E-state index in [9.17, 15) is 0 Å². The fourth-order valence-corrected chi connectivity index (χ4v) is 6.41. The van der Waals surface area contributed by atoms with Crippen LogP contribution in [0.4, 0.5) is 11.8 Å². The molecule has 1 atom stereocenters. The van der Waals surface area contributed by atoms with Crippen LogP contribution >= 0.6 is 35.6 Å². The summed E-state index contributed by atoms with van der Waals surface area (Å²) >= 11 is 13.5. The summed E-state index contributed by atoms with van der Waals surface area (Å²) in [6.45, 7) is 4.99. The number of halogens is 1. The molecule has 0 amide bonds. The Kier molecular flexibility index (Phi) is 8.42. The molecule has 0 bridgehead atoms. The lowest BCUT2D eigenvalue weighted by atomic mass is 9.79. The van der Waals surface area contributed by atoms with E-state index in [0.29, 0.717) is 22.1 Å². The highest BCUT2D eigenvalue weighted by molar-refractivity contribution is 7.99. The summed E-state index contributed by atoms with van der Waals surface area (Å²) in [5.74, 6) is 2.01. The Labute approximate surface area is 233 Å². The maximum atomic E-state index is 6.33. The minimum atomic E-state index is 0.0228. The average molecular weight is 554 g/mol. The van der Waals surface area contributed by atoms with Crippen molar-refractivity contribution >= 4 is 52.5 Å². The van der Waals surface area contributed by atoms with Crippen LogP contribution in [0.15, 0.2) is 59.0 Å². The van der Waals surface area contributed by atoms with Crippen LogP contribution in [0.25, 0.3) is 0 Å². The highest BCUT2D eigenvalue weighted by Gasteiger charge is 2.35. The number of anilines is 2. The first kappa shape index (κ1) is 26.1. The molecule has 2 fully saturated rings. The Morgan fingerprint density at radius 1 is 1.14 bits per heavy atom. The van der Waals surface area contributed by atoms with Crippen LogP contribution in [0.2, 0.25) is 5.02 Å². The van der Waals surface area contributed by atoms with Crippen LogP contribution in [0, 0.1) is 5.92 Å². The number of benzene rings is 1. The number of hydrogen-bond donors (Lipinski definition) is 2. The molecule has 1 aliphatic heterocycles. The van der Waals surface area contributed by atoms with Gasteiger partial charge in [-0.3, -0.25) is 0 Å². The van der Waals surface area contributed by atoms with Crippen molar-refractivity contribution in [1.29, 1.82) is 0 Å². The van der Waals surface area contributed by atoms with E-state index in [0.717, 1.165) is 54.8 Å². The van der Waals surface area contributed by atoms with Crippen LogP contribution < -0.4 is 15.5 Å². The van der Waals surface area contributed by atoms with Gasteiger partial charge in [-0.2, -0.15) is 4.98 Å². The maximum Gasteiger partial charge on any atom is 0.232 e. The fraction of sp³-hybridized carbons (Fsp3) is 0.444. The lowest BCUT2D eigenvalue weighted by Gasteiger charge is -2.32. The van der Waals surface area contributed by atoms with Crippen LogP contribution in [-0.4, -0.2) is 44.7 Å². The number of hydrogen-bond acceptors (Lipinski definition) is 7. The normalized spacial score (nSPS) is 19.0. The largest absolute Gasteiger partial charge is 0.361 e. The Morgan fingerprint density at radius 2 is 1.95 bits per heavy atom. The molecule has 37 heavy (non-hydrogen) atoms. The molecule has 1 saturated heterocycles. The topological polar surface area (TPSA) is 78.9 Å². The summed E-state index contributed by atoms with van der Waals surface area (Å²) in [6.07, 6.45) is 10.5. The van der Waals surface area contributed by atoms with Gasteiger partial charge in [-0.25, -0.2) is 15.0 Å². The van der Waals surface area contributed by atoms with Crippen LogP contribution in [0.5, 0.6) is 0 Å². The highest BCUT2D eigenvalue weighted by Crippen LogP contribution is 2.41. The van der Waals surface area contributed by atoms with Crippen molar-refractivity contribution < 1.29 is 0 Å². The molecule has 2 aromatic heterocycles. The quantitative estimate of drug-likeness (QED) is 0.205. The summed E-state index contributed by atoms with van der Waals surface area (Å²) in [4.78, 5) is 20.6. The average Bonchev–Trinajstić information content (AvgIpc) is 3.38. The molecule has 3 aromatic rings. The molecule has 194 valence electrons. The van der Waals surface area contributed by atoms with Gasteiger partial charge in [0.25, 0.3) is 0 Å². The van der Waals surface area contributed by atoms with Crippen molar-refractivity contribution in [1.82, 2.24) is 25.3 Å². The van der Waals surface area contributed by atoms with E-state index < -0.39 is 0 Å². The number of thiocarbonyl (C=S) groups is 1. The van der Waals surface area contributed by atoms with Gasteiger partial charge in [0.15, 0.2) is 10.3 Å². The third kappa shape index (κ3) is 6.69. The number of nitrogens with zero attached hydrogens (tertiary/aromatic N) is 5. The molecule has 1 saturated carbocycles. The van der Waals surface area contributed by atoms with E-state index in [1.54, 1.807) is 12.4 Å². The standard InChI is InChI=1S/C27H32ClN7S2/c1-19-7-5-14-35(17-19)22-16-23(37-26-29-12-6-13-30-26)33-24(32-22)34-25(36)31-18-27(10-2-3-11-27)20-8-4-9-21(28)15-20/h4,6,8-9,12-13,15-16,19H,2-3,5,7,10-11,14,17-18H2,1H3,(H2,31,32,33,34,36)/t19-/m1/s1. The van der Waals surface area contributed by atoms with Gasteiger partial charge in [-0.05, 0) is 79.3 Å². The first-order valence-electron chi connectivity index (χ1n) is 12.9. The van der Waals surface area contributed by atoms with E-state index in [2.05, 4.69) is 44.6 Å². The van der Waals surface area contributed by atoms with Gasteiger partial charge in [0, 0.05) is 48.5 Å². The molecule has 0 radical (unpaired) electrons. The van der Waals surface area contributed by atoms with Gasteiger partial charge in [-0.1, -0.05) is 43.5 Å². The number of rotatable bonds is 7. The third-order valence-electron chi connectivity index (χ3n) is 7.22. The fourth-order valence-electron chi connectivity index (χ4n) is 5.35.